The molecule has 0 radical (unpaired) electrons. The summed E-state index contributed by atoms with van der Waals surface area (Å²) >= 11 is 1.60. The van der Waals surface area contributed by atoms with Crippen LogP contribution in [-0.2, 0) is 9.59 Å². The number of fused-ring (bicyclic) bond motifs is 1. The van der Waals surface area contributed by atoms with E-state index in [2.05, 4.69) is 10.6 Å². The fraction of sp³-hybridized carbons (Fsp3) is 0.292. The predicted octanol–water partition coefficient (Wildman–Crippen LogP) is 3.77. The number of hydrogen-bond donors (Lipinski definition) is 2. The monoisotopic (exact) mass is 469 g/mol. The Kier molecular flexibility index (Phi) is 8.00. The van der Waals surface area contributed by atoms with Gasteiger partial charge in [0.15, 0.2) is 0 Å². The highest BCUT2D eigenvalue weighted by molar-refractivity contribution is 7.98. The summed E-state index contributed by atoms with van der Waals surface area (Å²) in [5, 5.41) is 6.36. The minimum Gasteiger partial charge on any atom is -0.495 e. The minimum atomic E-state index is -0.663. The number of carbonyl (C=O) groups is 2. The molecule has 174 valence electrons. The summed E-state index contributed by atoms with van der Waals surface area (Å²) in [5.41, 5.74) is 1.88. The van der Waals surface area contributed by atoms with Crippen LogP contribution in [0.1, 0.15) is 13.3 Å². The zero-order valence-corrected chi connectivity index (χ0v) is 19.8. The average Bonchev–Trinajstić information content (AvgIpc) is 2.80. The maximum absolute atomic E-state index is 12.9. The number of rotatable bonds is 9. The lowest BCUT2D eigenvalue weighted by atomic mass is 10.1. The molecule has 1 aromatic heterocycles. The van der Waals surface area contributed by atoms with Crippen LogP contribution < -0.4 is 25.9 Å². The number of thioether (sulfide) groups is 1. The van der Waals surface area contributed by atoms with Crippen molar-refractivity contribution in [2.75, 3.05) is 36.4 Å². The average molecular weight is 470 g/mol. The number of nitrogens with zero attached hydrogens (tertiary/aromatic N) is 1. The van der Waals surface area contributed by atoms with Crippen molar-refractivity contribution in [3.05, 3.63) is 59.0 Å². The molecule has 0 saturated heterocycles. The van der Waals surface area contributed by atoms with Crippen LogP contribution in [-0.4, -0.2) is 44.0 Å². The molecule has 0 saturated carbocycles. The van der Waals surface area contributed by atoms with Crippen molar-refractivity contribution >= 4 is 51.6 Å². The van der Waals surface area contributed by atoms with E-state index in [0.29, 0.717) is 29.1 Å². The second kappa shape index (κ2) is 10.9. The largest absolute Gasteiger partial charge is 0.495 e. The first kappa shape index (κ1) is 24.2. The van der Waals surface area contributed by atoms with Crippen molar-refractivity contribution < 1.29 is 18.7 Å². The molecule has 2 N–H and O–H groups in total. The van der Waals surface area contributed by atoms with Crippen LogP contribution in [0.5, 0.6) is 5.75 Å². The summed E-state index contributed by atoms with van der Waals surface area (Å²) in [6, 6.07) is 13.4. The van der Waals surface area contributed by atoms with E-state index >= 15 is 0 Å². The summed E-state index contributed by atoms with van der Waals surface area (Å²) in [5.74, 6) is 0.598. The van der Waals surface area contributed by atoms with Crippen molar-refractivity contribution in [1.82, 2.24) is 5.32 Å². The van der Waals surface area contributed by atoms with Gasteiger partial charge in [0.2, 0.25) is 11.8 Å². The van der Waals surface area contributed by atoms with E-state index in [1.54, 1.807) is 36.0 Å². The van der Waals surface area contributed by atoms with Gasteiger partial charge in [-0.15, -0.1) is 0 Å². The van der Waals surface area contributed by atoms with E-state index in [9.17, 15) is 14.4 Å². The Morgan fingerprint density at radius 1 is 1.18 bits per heavy atom. The van der Waals surface area contributed by atoms with E-state index in [1.807, 2.05) is 36.4 Å². The van der Waals surface area contributed by atoms with Gasteiger partial charge in [0.05, 0.1) is 18.5 Å². The molecule has 2 amide bonds. The van der Waals surface area contributed by atoms with Crippen molar-refractivity contribution in [1.29, 1.82) is 0 Å². The molecule has 2 aromatic carbocycles. The predicted molar refractivity (Wildman–Crippen MR) is 133 cm³/mol. The number of carbonyl (C=O) groups excluding carboxylic acids is 2. The molecule has 0 bridgehead atoms. The van der Waals surface area contributed by atoms with Crippen LogP contribution in [0.3, 0.4) is 0 Å². The van der Waals surface area contributed by atoms with Crippen LogP contribution in [0, 0.1) is 0 Å². The number of benzene rings is 2. The van der Waals surface area contributed by atoms with E-state index in [0.717, 1.165) is 16.8 Å². The Morgan fingerprint density at radius 3 is 2.64 bits per heavy atom. The summed E-state index contributed by atoms with van der Waals surface area (Å²) in [6.07, 6.45) is 2.44. The Morgan fingerprint density at radius 2 is 1.94 bits per heavy atom. The molecule has 0 aliphatic rings. The van der Waals surface area contributed by atoms with E-state index in [4.69, 9.17) is 9.15 Å². The van der Waals surface area contributed by atoms with Gasteiger partial charge in [-0.05, 0) is 48.8 Å². The molecule has 0 aliphatic heterocycles. The maximum atomic E-state index is 12.9. The van der Waals surface area contributed by atoms with Crippen LogP contribution in [0.2, 0.25) is 0 Å². The van der Waals surface area contributed by atoms with Crippen LogP contribution in [0.15, 0.2) is 57.7 Å². The fourth-order valence-corrected chi connectivity index (χ4v) is 3.95. The van der Waals surface area contributed by atoms with Gasteiger partial charge in [0, 0.05) is 31.1 Å². The van der Waals surface area contributed by atoms with Crippen LogP contribution in [0.4, 0.5) is 17.1 Å². The molecule has 1 heterocycles. The SMILES string of the molecule is COc1ccc(N(C)c2cc(=O)oc3ccccc23)cc1NC(=O)C(CCSC)NC(C)=O. The van der Waals surface area contributed by atoms with Gasteiger partial charge in [-0.2, -0.15) is 11.8 Å². The third kappa shape index (κ3) is 5.87. The topological polar surface area (TPSA) is 101 Å². The zero-order valence-electron chi connectivity index (χ0n) is 19.0. The van der Waals surface area contributed by atoms with Crippen molar-refractivity contribution in [3.63, 3.8) is 0 Å². The number of para-hydroxylation sites is 1. The number of nitrogens with one attached hydrogen (secondary N) is 2. The van der Waals surface area contributed by atoms with E-state index in [-0.39, 0.29) is 11.8 Å². The van der Waals surface area contributed by atoms with Gasteiger partial charge >= 0.3 is 5.63 Å². The number of methoxy groups -OCH3 is 1. The van der Waals surface area contributed by atoms with E-state index < -0.39 is 11.7 Å². The summed E-state index contributed by atoms with van der Waals surface area (Å²) in [7, 11) is 3.34. The van der Waals surface area contributed by atoms with Crippen LogP contribution >= 0.6 is 11.8 Å². The lowest BCUT2D eigenvalue weighted by molar-refractivity contribution is -0.125. The highest BCUT2D eigenvalue weighted by Gasteiger charge is 2.21. The lowest BCUT2D eigenvalue weighted by Gasteiger charge is -2.23. The first-order valence-electron chi connectivity index (χ1n) is 10.4. The van der Waals surface area contributed by atoms with Gasteiger partial charge < -0.3 is 24.7 Å². The Hall–Kier alpha value is -3.46. The third-order valence-corrected chi connectivity index (χ3v) is 5.77. The Bertz CT molecular complexity index is 1210. The summed E-state index contributed by atoms with van der Waals surface area (Å²) in [4.78, 5) is 38.4. The smallest absolute Gasteiger partial charge is 0.338 e. The minimum absolute atomic E-state index is 0.272. The molecule has 0 aliphatic carbocycles. The molecular weight excluding hydrogens is 442 g/mol. The van der Waals surface area contributed by atoms with Gasteiger partial charge in [-0.3, -0.25) is 9.59 Å². The number of anilines is 3. The van der Waals surface area contributed by atoms with Gasteiger partial charge in [0.25, 0.3) is 0 Å². The maximum Gasteiger partial charge on any atom is 0.338 e. The highest BCUT2D eigenvalue weighted by atomic mass is 32.2. The summed E-state index contributed by atoms with van der Waals surface area (Å²) < 4.78 is 10.7. The first-order chi connectivity index (χ1) is 15.8. The third-order valence-electron chi connectivity index (χ3n) is 5.12. The first-order valence-corrected chi connectivity index (χ1v) is 11.7. The van der Waals surface area contributed by atoms with Crippen molar-refractivity contribution in [2.45, 2.75) is 19.4 Å². The molecule has 1 unspecified atom stereocenters. The number of ether oxygens (including phenoxy) is 1. The summed E-state index contributed by atoms with van der Waals surface area (Å²) in [6.45, 7) is 1.39. The van der Waals surface area contributed by atoms with Gasteiger partial charge in [-0.1, -0.05) is 12.1 Å². The molecule has 1 atom stereocenters. The van der Waals surface area contributed by atoms with Gasteiger partial charge in [0.1, 0.15) is 17.4 Å². The van der Waals surface area contributed by atoms with Crippen molar-refractivity contribution in [2.24, 2.45) is 0 Å². The van der Waals surface area contributed by atoms with Gasteiger partial charge in [-0.25, -0.2) is 4.79 Å². The number of hydrogen-bond acceptors (Lipinski definition) is 7. The quantitative estimate of drug-likeness (QED) is 0.460. The van der Waals surface area contributed by atoms with Crippen molar-refractivity contribution in [3.8, 4) is 5.75 Å². The molecule has 9 heteroatoms. The molecular formula is C24H27N3O5S. The molecule has 0 fully saturated rings. The lowest BCUT2D eigenvalue weighted by Crippen LogP contribution is -2.43. The zero-order chi connectivity index (χ0) is 24.0. The number of amides is 2. The Balaban J connectivity index is 1.95. The second-order valence-electron chi connectivity index (χ2n) is 7.41. The molecule has 8 nitrogen and oxygen atoms in total. The van der Waals surface area contributed by atoms with Crippen LogP contribution in [0.25, 0.3) is 11.0 Å². The van der Waals surface area contributed by atoms with E-state index in [1.165, 1.54) is 20.1 Å². The Labute approximate surface area is 196 Å². The molecule has 3 rings (SSSR count). The fourth-order valence-electron chi connectivity index (χ4n) is 3.48. The molecule has 33 heavy (non-hydrogen) atoms. The second-order valence-corrected chi connectivity index (χ2v) is 8.40. The standard InChI is InChI=1S/C24H27N3O5S/c1-15(28)25-18(11-12-33-4)24(30)26-19-13-16(9-10-22(19)31-3)27(2)20-14-23(29)32-21-8-6-5-7-17(20)21/h5-10,13-14,18H,11-12H2,1-4H3,(H,25,28)(H,26,30). The highest BCUT2D eigenvalue weighted by Crippen LogP contribution is 2.34. The normalized spacial score (nSPS) is 11.6. The molecule has 3 aromatic rings. The molecule has 0 spiro atoms.